The van der Waals surface area contributed by atoms with Crippen LogP contribution in [0.3, 0.4) is 0 Å². The van der Waals surface area contributed by atoms with E-state index in [0.29, 0.717) is 23.2 Å². The number of nitrogens with one attached hydrogen (secondary N) is 2. The summed E-state index contributed by atoms with van der Waals surface area (Å²) < 4.78 is 38.5. The van der Waals surface area contributed by atoms with Gasteiger partial charge in [-0.15, -0.1) is 0 Å². The zero-order valence-electron chi connectivity index (χ0n) is 20.1. The highest BCUT2D eigenvalue weighted by molar-refractivity contribution is 7.89. The molecule has 0 fully saturated rings. The Morgan fingerprint density at radius 2 is 1.65 bits per heavy atom. The first-order chi connectivity index (χ1) is 15.9. The van der Waals surface area contributed by atoms with Gasteiger partial charge in [0.25, 0.3) is 0 Å². The summed E-state index contributed by atoms with van der Waals surface area (Å²) in [6.45, 7) is 9.49. The maximum Gasteiger partial charge on any atom is 0.242 e. The number of rotatable bonds is 8. The van der Waals surface area contributed by atoms with Crippen molar-refractivity contribution in [1.29, 1.82) is 0 Å². The highest BCUT2D eigenvalue weighted by Gasteiger charge is 2.28. The van der Waals surface area contributed by atoms with E-state index >= 15 is 0 Å². The lowest BCUT2D eigenvalue weighted by Crippen LogP contribution is -2.47. The van der Waals surface area contributed by atoms with Gasteiger partial charge in [-0.25, -0.2) is 8.42 Å². The normalized spacial score (nSPS) is 13.0. The van der Waals surface area contributed by atoms with Crippen LogP contribution in [0, 0.1) is 5.92 Å². The molecule has 0 aliphatic heterocycles. The van der Waals surface area contributed by atoms with Gasteiger partial charge in [-0.1, -0.05) is 39.8 Å². The summed E-state index contributed by atoms with van der Waals surface area (Å²) in [6, 6.07) is 11.9. The number of amides is 1. The van der Waals surface area contributed by atoms with E-state index in [0.717, 1.165) is 5.56 Å². The van der Waals surface area contributed by atoms with E-state index in [1.807, 2.05) is 20.8 Å². The lowest BCUT2D eigenvalue weighted by atomic mass is 9.97. The third-order valence-corrected chi connectivity index (χ3v) is 6.54. The van der Waals surface area contributed by atoms with Gasteiger partial charge in [-0.3, -0.25) is 4.79 Å². The minimum absolute atomic E-state index is 0.0471. The smallest absolute Gasteiger partial charge is 0.242 e. The van der Waals surface area contributed by atoms with Gasteiger partial charge in [0.15, 0.2) is 0 Å². The number of ether oxygens (including phenoxy) is 1. The van der Waals surface area contributed by atoms with Gasteiger partial charge < -0.3 is 14.6 Å². The highest BCUT2D eigenvalue weighted by atomic mass is 32.2. The first-order valence-corrected chi connectivity index (χ1v) is 12.3. The third-order valence-electron chi connectivity index (χ3n) is 5.08. The van der Waals surface area contributed by atoms with E-state index in [1.54, 1.807) is 50.2 Å². The van der Waals surface area contributed by atoms with Gasteiger partial charge in [-0.05, 0) is 54.4 Å². The van der Waals surface area contributed by atoms with Crippen molar-refractivity contribution in [2.45, 2.75) is 51.0 Å². The topological polar surface area (TPSA) is 123 Å². The van der Waals surface area contributed by atoms with Crippen molar-refractivity contribution in [2.75, 3.05) is 12.4 Å². The molecule has 9 nitrogen and oxygen atoms in total. The number of carbonyl (C=O) groups excluding carboxylic acids is 1. The van der Waals surface area contributed by atoms with Crippen LogP contribution in [-0.4, -0.2) is 37.6 Å². The minimum atomic E-state index is -3.91. The molecule has 0 spiro atoms. The summed E-state index contributed by atoms with van der Waals surface area (Å²) in [4.78, 5) is 17.4. The number of hydrogen-bond donors (Lipinski definition) is 2. The Bertz CT molecular complexity index is 1230. The molecule has 10 heteroatoms. The standard InChI is InChI=1S/C24H30N4O5S/c1-15(2)20(28-34(30,31)19-13-11-18(32-6)12-14-19)22(29)25-17-9-7-16(8-10-17)21-26-23(33-27-21)24(3,4)5/h7-15,20,28H,1-6H3,(H,25,29)/t20-/m0/s1. The van der Waals surface area contributed by atoms with Crippen LogP contribution in [0.1, 0.15) is 40.5 Å². The molecule has 1 heterocycles. The van der Waals surface area contributed by atoms with Crippen molar-refractivity contribution in [1.82, 2.24) is 14.9 Å². The Labute approximate surface area is 200 Å². The largest absolute Gasteiger partial charge is 0.497 e. The van der Waals surface area contributed by atoms with E-state index in [9.17, 15) is 13.2 Å². The molecule has 0 saturated carbocycles. The van der Waals surface area contributed by atoms with Crippen molar-refractivity contribution in [3.05, 3.63) is 54.4 Å². The summed E-state index contributed by atoms with van der Waals surface area (Å²) >= 11 is 0. The summed E-state index contributed by atoms with van der Waals surface area (Å²) in [6.07, 6.45) is 0. The number of sulfonamides is 1. The molecule has 3 aromatic rings. The van der Waals surface area contributed by atoms with E-state index in [-0.39, 0.29) is 16.2 Å². The van der Waals surface area contributed by atoms with Crippen LogP contribution in [0.2, 0.25) is 0 Å². The fourth-order valence-corrected chi connectivity index (χ4v) is 4.39. The molecule has 1 amide bonds. The van der Waals surface area contributed by atoms with Gasteiger partial charge in [0.2, 0.25) is 27.6 Å². The molecule has 34 heavy (non-hydrogen) atoms. The molecule has 182 valence electrons. The molecule has 2 aromatic carbocycles. The monoisotopic (exact) mass is 486 g/mol. The Morgan fingerprint density at radius 1 is 1.03 bits per heavy atom. The van der Waals surface area contributed by atoms with Gasteiger partial charge in [0.05, 0.1) is 12.0 Å². The molecule has 2 N–H and O–H groups in total. The number of nitrogens with zero attached hydrogens (tertiary/aromatic N) is 2. The summed E-state index contributed by atoms with van der Waals surface area (Å²) in [5.74, 6) is 0.770. The molecule has 0 aliphatic carbocycles. The van der Waals surface area contributed by atoms with Crippen molar-refractivity contribution in [3.8, 4) is 17.1 Å². The molecule has 0 radical (unpaired) electrons. The number of methoxy groups -OCH3 is 1. The van der Waals surface area contributed by atoms with Gasteiger partial charge in [0, 0.05) is 16.7 Å². The SMILES string of the molecule is COc1ccc(S(=O)(=O)N[C@H](C(=O)Nc2ccc(-c3noc(C(C)(C)C)n3)cc2)C(C)C)cc1. The van der Waals surface area contributed by atoms with Crippen LogP contribution < -0.4 is 14.8 Å². The van der Waals surface area contributed by atoms with E-state index < -0.39 is 22.0 Å². The Morgan fingerprint density at radius 3 is 2.15 bits per heavy atom. The number of carbonyl (C=O) groups is 1. The van der Waals surface area contributed by atoms with Gasteiger partial charge in [0.1, 0.15) is 11.8 Å². The molecule has 0 unspecified atom stereocenters. The zero-order chi connectivity index (χ0) is 25.1. The second-order valence-corrected chi connectivity index (χ2v) is 11.0. The summed E-state index contributed by atoms with van der Waals surface area (Å²) in [7, 11) is -2.41. The van der Waals surface area contributed by atoms with Crippen molar-refractivity contribution in [2.24, 2.45) is 5.92 Å². The maximum absolute atomic E-state index is 12.9. The van der Waals surface area contributed by atoms with Crippen molar-refractivity contribution < 1.29 is 22.5 Å². The van der Waals surface area contributed by atoms with Crippen LogP contribution in [0.5, 0.6) is 5.75 Å². The van der Waals surface area contributed by atoms with E-state index in [4.69, 9.17) is 9.26 Å². The number of anilines is 1. The van der Waals surface area contributed by atoms with Crippen LogP contribution in [0.15, 0.2) is 57.9 Å². The second-order valence-electron chi connectivity index (χ2n) is 9.26. The Hall–Kier alpha value is -3.24. The van der Waals surface area contributed by atoms with Crippen LogP contribution in [0.25, 0.3) is 11.4 Å². The maximum atomic E-state index is 12.9. The first kappa shape index (κ1) is 25.4. The molecule has 3 rings (SSSR count). The summed E-state index contributed by atoms with van der Waals surface area (Å²) in [5, 5.41) is 6.79. The second kappa shape index (κ2) is 9.94. The Balaban J connectivity index is 1.72. The Kier molecular flexibility index (Phi) is 7.42. The average Bonchev–Trinajstić information content (AvgIpc) is 3.29. The first-order valence-electron chi connectivity index (χ1n) is 10.8. The molecule has 1 aromatic heterocycles. The van der Waals surface area contributed by atoms with Crippen molar-refractivity contribution in [3.63, 3.8) is 0 Å². The van der Waals surface area contributed by atoms with Crippen LogP contribution in [-0.2, 0) is 20.2 Å². The molecule has 0 aliphatic rings. The average molecular weight is 487 g/mol. The van der Waals surface area contributed by atoms with E-state index in [1.165, 1.54) is 19.2 Å². The fraction of sp³-hybridized carbons (Fsp3) is 0.375. The third kappa shape index (κ3) is 6.00. The lowest BCUT2D eigenvalue weighted by molar-refractivity contribution is -0.118. The van der Waals surface area contributed by atoms with Gasteiger partial charge in [-0.2, -0.15) is 9.71 Å². The minimum Gasteiger partial charge on any atom is -0.497 e. The molecule has 0 bridgehead atoms. The molecular formula is C24H30N4O5S. The van der Waals surface area contributed by atoms with Gasteiger partial charge >= 0.3 is 0 Å². The predicted octanol–water partition coefficient (Wildman–Crippen LogP) is 3.98. The van der Waals surface area contributed by atoms with E-state index in [2.05, 4.69) is 20.2 Å². The highest BCUT2D eigenvalue weighted by Crippen LogP contribution is 2.25. The molecular weight excluding hydrogens is 456 g/mol. The number of aromatic nitrogens is 2. The number of hydrogen-bond acceptors (Lipinski definition) is 7. The molecule has 0 saturated heterocycles. The molecule has 1 atom stereocenters. The summed E-state index contributed by atoms with van der Waals surface area (Å²) in [5.41, 5.74) is 0.991. The van der Waals surface area contributed by atoms with Crippen LogP contribution in [0.4, 0.5) is 5.69 Å². The van der Waals surface area contributed by atoms with Crippen molar-refractivity contribution >= 4 is 21.6 Å². The quantitative estimate of drug-likeness (QED) is 0.493. The fourth-order valence-electron chi connectivity index (χ4n) is 3.05. The number of benzene rings is 2. The van der Waals surface area contributed by atoms with Crippen LogP contribution >= 0.6 is 0 Å². The zero-order valence-corrected chi connectivity index (χ0v) is 20.9. The lowest BCUT2D eigenvalue weighted by Gasteiger charge is -2.21. The predicted molar refractivity (Wildman–Crippen MR) is 129 cm³/mol.